The number of carbonyl (C=O) groups is 1. The quantitative estimate of drug-likeness (QED) is 0.928. The Kier molecular flexibility index (Phi) is 2.51. The highest BCUT2D eigenvalue weighted by Crippen LogP contribution is 2.56. The molecule has 1 amide bonds. The predicted octanol–water partition coefficient (Wildman–Crippen LogP) is 2.46. The van der Waals surface area contributed by atoms with Gasteiger partial charge in [-0.15, -0.1) is 0 Å². The summed E-state index contributed by atoms with van der Waals surface area (Å²) in [5.74, 6) is 1.14. The van der Waals surface area contributed by atoms with Crippen LogP contribution in [0.15, 0.2) is 24.3 Å². The van der Waals surface area contributed by atoms with Gasteiger partial charge in [-0.25, -0.2) is 0 Å². The van der Waals surface area contributed by atoms with E-state index in [1.165, 1.54) is 0 Å². The average Bonchev–Trinajstić information content (AvgIpc) is 3.34. The topological polar surface area (TPSA) is 41.6 Å². The van der Waals surface area contributed by atoms with Crippen LogP contribution < -0.4 is 10.1 Å². The van der Waals surface area contributed by atoms with Crippen LogP contribution in [0.4, 0.5) is 0 Å². The van der Waals surface area contributed by atoms with Gasteiger partial charge in [-0.3, -0.25) is 10.1 Å². The lowest BCUT2D eigenvalue weighted by molar-refractivity contribution is -0.131. The molecule has 2 aliphatic carbocycles. The van der Waals surface area contributed by atoms with Crippen LogP contribution in [-0.2, 0) is 4.79 Å². The molecular weight excluding hydrogens is 264 g/mol. The largest absolute Gasteiger partial charge is 0.497 e. The highest BCUT2D eigenvalue weighted by molar-refractivity contribution is 5.92. The van der Waals surface area contributed by atoms with Crippen molar-refractivity contribution in [2.75, 3.05) is 7.11 Å². The lowest BCUT2D eigenvalue weighted by Gasteiger charge is -2.26. The van der Waals surface area contributed by atoms with Crippen molar-refractivity contribution < 1.29 is 9.53 Å². The van der Waals surface area contributed by atoms with Crippen LogP contribution in [0.5, 0.6) is 5.75 Å². The Hall–Kier alpha value is -1.55. The number of amides is 1. The minimum absolute atomic E-state index is 0.0122. The monoisotopic (exact) mass is 286 g/mol. The zero-order valence-electron chi connectivity index (χ0n) is 12.8. The standard InChI is InChI=1S/C17H22N2O2/c1-16(2)10-13(16)19-14(18-17(7-8-17)15(19)20)11-5-4-6-12(9-11)21-3/h4-6,9,13-14,18H,7-8,10H2,1-3H3. The molecule has 2 atom stereocenters. The zero-order valence-corrected chi connectivity index (χ0v) is 12.8. The smallest absolute Gasteiger partial charge is 0.244 e. The summed E-state index contributed by atoms with van der Waals surface area (Å²) in [5.41, 5.74) is 1.09. The van der Waals surface area contributed by atoms with Crippen molar-refractivity contribution in [1.29, 1.82) is 0 Å². The predicted molar refractivity (Wildman–Crippen MR) is 79.9 cm³/mol. The molecule has 2 unspecified atom stereocenters. The van der Waals surface area contributed by atoms with Crippen LogP contribution in [0.2, 0.25) is 0 Å². The molecule has 1 aromatic carbocycles. The first-order valence-corrected chi connectivity index (χ1v) is 7.71. The van der Waals surface area contributed by atoms with Gasteiger partial charge in [-0.2, -0.15) is 0 Å². The minimum atomic E-state index is -0.271. The van der Waals surface area contributed by atoms with Crippen molar-refractivity contribution in [2.24, 2.45) is 5.41 Å². The van der Waals surface area contributed by atoms with E-state index in [4.69, 9.17) is 4.74 Å². The Balaban J connectivity index is 1.70. The third-order valence-electron chi connectivity index (χ3n) is 5.29. The van der Waals surface area contributed by atoms with Gasteiger partial charge in [0.2, 0.25) is 5.91 Å². The maximum absolute atomic E-state index is 12.8. The Bertz CT molecular complexity index is 607. The van der Waals surface area contributed by atoms with E-state index in [0.29, 0.717) is 11.9 Å². The molecule has 0 bridgehead atoms. The molecule has 1 heterocycles. The number of nitrogens with one attached hydrogen (secondary N) is 1. The number of hydrogen-bond donors (Lipinski definition) is 1. The summed E-state index contributed by atoms with van der Waals surface area (Å²) in [5, 5.41) is 3.59. The average molecular weight is 286 g/mol. The highest BCUT2D eigenvalue weighted by atomic mass is 16.5. The number of methoxy groups -OCH3 is 1. The SMILES string of the molecule is COc1cccc(C2NC3(CC3)C(=O)N2C2CC2(C)C)c1. The molecule has 1 aromatic rings. The lowest BCUT2D eigenvalue weighted by atomic mass is 10.1. The molecule has 4 nitrogen and oxygen atoms in total. The van der Waals surface area contributed by atoms with E-state index in [1.54, 1.807) is 7.11 Å². The molecule has 3 aliphatic rings. The second-order valence-electron chi connectivity index (χ2n) is 7.33. The van der Waals surface area contributed by atoms with Crippen molar-refractivity contribution >= 4 is 5.91 Å². The number of rotatable bonds is 3. The van der Waals surface area contributed by atoms with Crippen LogP contribution in [0.1, 0.15) is 44.8 Å². The molecule has 0 aromatic heterocycles. The number of benzene rings is 1. The summed E-state index contributed by atoms with van der Waals surface area (Å²) >= 11 is 0. The summed E-state index contributed by atoms with van der Waals surface area (Å²) in [6.07, 6.45) is 3.02. The normalized spacial score (nSPS) is 31.6. The van der Waals surface area contributed by atoms with Crippen molar-refractivity contribution in [3.8, 4) is 5.75 Å². The third kappa shape index (κ3) is 1.89. The van der Waals surface area contributed by atoms with Gasteiger partial charge in [0.1, 0.15) is 17.5 Å². The van der Waals surface area contributed by atoms with Gasteiger partial charge in [0, 0.05) is 6.04 Å². The molecule has 3 fully saturated rings. The summed E-state index contributed by atoms with van der Waals surface area (Å²) in [6, 6.07) is 8.41. The first-order chi connectivity index (χ1) is 9.97. The van der Waals surface area contributed by atoms with Crippen molar-refractivity contribution in [3.05, 3.63) is 29.8 Å². The Morgan fingerprint density at radius 1 is 1.33 bits per heavy atom. The van der Waals surface area contributed by atoms with E-state index in [9.17, 15) is 4.79 Å². The first-order valence-electron chi connectivity index (χ1n) is 7.71. The van der Waals surface area contributed by atoms with Gasteiger partial charge in [0.25, 0.3) is 0 Å². The van der Waals surface area contributed by atoms with Gasteiger partial charge < -0.3 is 9.64 Å². The van der Waals surface area contributed by atoms with E-state index in [-0.39, 0.29) is 17.1 Å². The summed E-state index contributed by atoms with van der Waals surface area (Å²) in [7, 11) is 1.68. The van der Waals surface area contributed by atoms with Crippen LogP contribution in [0, 0.1) is 5.41 Å². The molecule has 21 heavy (non-hydrogen) atoms. The van der Waals surface area contributed by atoms with Crippen molar-refractivity contribution in [3.63, 3.8) is 0 Å². The first kappa shape index (κ1) is 13.1. The second-order valence-corrected chi connectivity index (χ2v) is 7.33. The minimum Gasteiger partial charge on any atom is -0.497 e. The highest BCUT2D eigenvalue weighted by Gasteiger charge is 2.65. The molecule has 2 saturated carbocycles. The zero-order chi connectivity index (χ0) is 14.8. The van der Waals surface area contributed by atoms with Gasteiger partial charge in [-0.05, 0) is 42.4 Å². The number of nitrogens with zero attached hydrogens (tertiary/aromatic N) is 1. The molecule has 4 heteroatoms. The number of ether oxygens (including phenoxy) is 1. The molecule has 1 saturated heterocycles. The Morgan fingerprint density at radius 3 is 2.62 bits per heavy atom. The maximum atomic E-state index is 12.8. The van der Waals surface area contributed by atoms with E-state index in [0.717, 1.165) is 30.6 Å². The fourth-order valence-electron chi connectivity index (χ4n) is 3.53. The van der Waals surface area contributed by atoms with Gasteiger partial charge in [0.05, 0.1) is 7.11 Å². The van der Waals surface area contributed by atoms with Crippen LogP contribution >= 0.6 is 0 Å². The van der Waals surface area contributed by atoms with Crippen LogP contribution in [0.25, 0.3) is 0 Å². The fourth-order valence-corrected chi connectivity index (χ4v) is 3.53. The third-order valence-corrected chi connectivity index (χ3v) is 5.29. The molecule has 0 radical (unpaired) electrons. The molecule has 1 N–H and O–H groups in total. The Morgan fingerprint density at radius 2 is 2.05 bits per heavy atom. The molecule has 1 aliphatic heterocycles. The Labute approximate surface area is 125 Å². The fraction of sp³-hybridized carbons (Fsp3) is 0.588. The summed E-state index contributed by atoms with van der Waals surface area (Å²) in [6.45, 7) is 4.48. The van der Waals surface area contributed by atoms with E-state index in [1.807, 2.05) is 18.2 Å². The number of carbonyl (C=O) groups excluding carboxylic acids is 1. The van der Waals surface area contributed by atoms with Crippen LogP contribution in [0.3, 0.4) is 0 Å². The second kappa shape index (κ2) is 4.01. The van der Waals surface area contributed by atoms with Crippen molar-refractivity contribution in [1.82, 2.24) is 10.2 Å². The van der Waals surface area contributed by atoms with E-state index in [2.05, 4.69) is 30.1 Å². The van der Waals surface area contributed by atoms with Crippen LogP contribution in [-0.4, -0.2) is 29.5 Å². The van der Waals surface area contributed by atoms with Crippen molar-refractivity contribution in [2.45, 2.75) is 50.9 Å². The molecular formula is C17H22N2O2. The lowest BCUT2D eigenvalue weighted by Crippen LogP contribution is -2.35. The maximum Gasteiger partial charge on any atom is 0.244 e. The van der Waals surface area contributed by atoms with Gasteiger partial charge in [-0.1, -0.05) is 26.0 Å². The van der Waals surface area contributed by atoms with Gasteiger partial charge >= 0.3 is 0 Å². The van der Waals surface area contributed by atoms with Gasteiger partial charge in [0.15, 0.2) is 0 Å². The van der Waals surface area contributed by atoms with E-state index >= 15 is 0 Å². The molecule has 4 rings (SSSR count). The molecule has 112 valence electrons. The van der Waals surface area contributed by atoms with E-state index < -0.39 is 0 Å². The number of hydrogen-bond acceptors (Lipinski definition) is 3. The summed E-state index contributed by atoms with van der Waals surface area (Å²) in [4.78, 5) is 14.9. The molecule has 1 spiro atoms. The summed E-state index contributed by atoms with van der Waals surface area (Å²) < 4.78 is 5.33.